The summed E-state index contributed by atoms with van der Waals surface area (Å²) in [5.74, 6) is 0.0734. The monoisotopic (exact) mass is 255 g/mol. The minimum absolute atomic E-state index is 0.0734. The summed E-state index contributed by atoms with van der Waals surface area (Å²) >= 11 is 0. The maximum atomic E-state index is 12.4. The van der Waals surface area contributed by atoms with Crippen LogP contribution in [-0.2, 0) is 4.79 Å². The minimum atomic E-state index is -0.419. The van der Waals surface area contributed by atoms with Crippen molar-refractivity contribution in [2.24, 2.45) is 11.1 Å². The van der Waals surface area contributed by atoms with E-state index in [1.807, 2.05) is 32.7 Å². The van der Waals surface area contributed by atoms with E-state index in [1.165, 1.54) is 0 Å². The van der Waals surface area contributed by atoms with Crippen LogP contribution in [0.4, 0.5) is 0 Å². The summed E-state index contributed by atoms with van der Waals surface area (Å²) in [5, 5.41) is 0. The van der Waals surface area contributed by atoms with Crippen LogP contribution in [-0.4, -0.2) is 54.5 Å². The van der Waals surface area contributed by atoms with Crippen LogP contribution in [0.5, 0.6) is 0 Å². The Labute approximate surface area is 111 Å². The predicted molar refractivity (Wildman–Crippen MR) is 75.3 cm³/mol. The molecule has 1 aliphatic heterocycles. The van der Waals surface area contributed by atoms with Crippen molar-refractivity contribution in [3.8, 4) is 0 Å². The number of nitrogens with two attached hydrogens (primary N) is 1. The van der Waals surface area contributed by atoms with Crippen molar-refractivity contribution in [3.05, 3.63) is 0 Å². The summed E-state index contributed by atoms with van der Waals surface area (Å²) in [6.07, 6.45) is 2.08. The summed E-state index contributed by atoms with van der Waals surface area (Å²) in [5.41, 5.74) is 5.88. The highest BCUT2D eigenvalue weighted by Gasteiger charge is 2.34. The smallest absolute Gasteiger partial charge is 0.240 e. The quantitative estimate of drug-likeness (QED) is 0.809. The van der Waals surface area contributed by atoms with E-state index in [-0.39, 0.29) is 11.3 Å². The van der Waals surface area contributed by atoms with E-state index in [2.05, 4.69) is 18.9 Å². The standard InChI is InChI=1S/C14H29N3O/c1-10-9-11(7-8-16(10)5)17(6)13(18)12(15)14(2,3)4/h10-12H,7-9,15H2,1-6H3/t10-,11-,12-/m1/s1. The van der Waals surface area contributed by atoms with Crippen LogP contribution in [0.1, 0.15) is 40.5 Å². The van der Waals surface area contributed by atoms with Gasteiger partial charge in [-0.15, -0.1) is 0 Å². The van der Waals surface area contributed by atoms with Gasteiger partial charge in [0.05, 0.1) is 6.04 Å². The van der Waals surface area contributed by atoms with Crippen LogP contribution in [0.3, 0.4) is 0 Å². The first-order valence-corrected chi connectivity index (χ1v) is 6.87. The van der Waals surface area contributed by atoms with Gasteiger partial charge in [0.25, 0.3) is 0 Å². The van der Waals surface area contributed by atoms with Gasteiger partial charge in [-0.2, -0.15) is 0 Å². The Morgan fingerprint density at radius 3 is 2.44 bits per heavy atom. The van der Waals surface area contributed by atoms with E-state index in [0.29, 0.717) is 12.1 Å². The molecule has 1 rings (SSSR count). The van der Waals surface area contributed by atoms with Gasteiger partial charge in [-0.25, -0.2) is 0 Å². The van der Waals surface area contributed by atoms with Gasteiger partial charge in [0.1, 0.15) is 0 Å². The lowest BCUT2D eigenvalue weighted by Gasteiger charge is -2.41. The molecule has 0 aromatic rings. The highest BCUT2D eigenvalue weighted by Crippen LogP contribution is 2.23. The number of carbonyl (C=O) groups excluding carboxylic acids is 1. The molecule has 0 bridgehead atoms. The zero-order valence-electron chi connectivity index (χ0n) is 12.7. The average Bonchev–Trinajstić information content (AvgIpc) is 2.28. The first kappa shape index (κ1) is 15.4. The third-order valence-corrected chi connectivity index (χ3v) is 4.28. The summed E-state index contributed by atoms with van der Waals surface area (Å²) in [6, 6.07) is 0.444. The lowest BCUT2D eigenvalue weighted by Crippen LogP contribution is -2.55. The molecule has 0 aromatic carbocycles. The molecular formula is C14H29N3O. The number of rotatable bonds is 2. The van der Waals surface area contributed by atoms with Crippen molar-refractivity contribution < 1.29 is 4.79 Å². The molecule has 0 unspecified atom stereocenters. The summed E-state index contributed by atoms with van der Waals surface area (Å²) < 4.78 is 0. The molecule has 4 heteroatoms. The first-order valence-electron chi connectivity index (χ1n) is 6.87. The van der Waals surface area contributed by atoms with Gasteiger partial charge >= 0.3 is 0 Å². The van der Waals surface area contributed by atoms with Crippen molar-refractivity contribution in [2.75, 3.05) is 20.6 Å². The summed E-state index contributed by atoms with van der Waals surface area (Å²) in [6.45, 7) is 9.31. The third-order valence-electron chi connectivity index (χ3n) is 4.28. The van der Waals surface area contributed by atoms with E-state index in [9.17, 15) is 4.79 Å². The number of carbonyl (C=O) groups is 1. The second kappa shape index (κ2) is 5.57. The van der Waals surface area contributed by atoms with Gasteiger partial charge in [0, 0.05) is 25.7 Å². The molecule has 18 heavy (non-hydrogen) atoms. The number of likely N-dealkylation sites (tertiary alicyclic amines) is 1. The molecule has 1 heterocycles. The molecule has 4 nitrogen and oxygen atoms in total. The maximum absolute atomic E-state index is 12.4. The number of amides is 1. The number of hydrogen-bond donors (Lipinski definition) is 1. The molecule has 106 valence electrons. The Bertz CT molecular complexity index is 298. The Morgan fingerprint density at radius 2 is 2.00 bits per heavy atom. The van der Waals surface area contributed by atoms with E-state index in [0.717, 1.165) is 19.4 Å². The maximum Gasteiger partial charge on any atom is 0.240 e. The lowest BCUT2D eigenvalue weighted by atomic mass is 9.86. The molecule has 1 saturated heterocycles. The van der Waals surface area contributed by atoms with Gasteiger partial charge in [-0.1, -0.05) is 20.8 Å². The largest absolute Gasteiger partial charge is 0.341 e. The van der Waals surface area contributed by atoms with Crippen LogP contribution in [0.25, 0.3) is 0 Å². The van der Waals surface area contributed by atoms with E-state index >= 15 is 0 Å². The lowest BCUT2D eigenvalue weighted by molar-refractivity contribution is -0.136. The highest BCUT2D eigenvalue weighted by atomic mass is 16.2. The van der Waals surface area contributed by atoms with E-state index in [1.54, 1.807) is 0 Å². The SMILES string of the molecule is C[C@@H]1C[C@H](N(C)C(=O)[C@@H](N)C(C)(C)C)CCN1C. The highest BCUT2D eigenvalue weighted by molar-refractivity contribution is 5.82. The van der Waals surface area contributed by atoms with Gasteiger partial charge in [-0.3, -0.25) is 4.79 Å². The Kier molecular flexibility index (Phi) is 4.78. The van der Waals surface area contributed by atoms with Crippen LogP contribution in [0.2, 0.25) is 0 Å². The first-order chi connectivity index (χ1) is 8.14. The van der Waals surface area contributed by atoms with Crippen molar-refractivity contribution in [3.63, 3.8) is 0 Å². The van der Waals surface area contributed by atoms with E-state index in [4.69, 9.17) is 5.73 Å². The van der Waals surface area contributed by atoms with Gasteiger partial charge in [0.2, 0.25) is 5.91 Å². The number of nitrogens with zero attached hydrogens (tertiary/aromatic N) is 2. The van der Waals surface area contributed by atoms with E-state index < -0.39 is 6.04 Å². The van der Waals surface area contributed by atoms with Crippen molar-refractivity contribution in [2.45, 2.75) is 58.7 Å². The topological polar surface area (TPSA) is 49.6 Å². The molecule has 0 radical (unpaired) electrons. The Hall–Kier alpha value is -0.610. The molecule has 1 amide bonds. The summed E-state index contributed by atoms with van der Waals surface area (Å²) in [7, 11) is 4.04. The molecule has 0 saturated carbocycles. The second-order valence-electron chi connectivity index (χ2n) is 6.80. The normalized spacial score (nSPS) is 27.9. The molecule has 1 fully saturated rings. The molecular weight excluding hydrogens is 226 g/mol. The fourth-order valence-electron chi connectivity index (χ4n) is 2.39. The van der Waals surface area contributed by atoms with Gasteiger partial charge in [0.15, 0.2) is 0 Å². The molecule has 2 N–H and O–H groups in total. The zero-order chi connectivity index (χ0) is 14.1. The number of hydrogen-bond acceptors (Lipinski definition) is 3. The molecule has 3 atom stereocenters. The Balaban J connectivity index is 2.65. The molecule has 0 spiro atoms. The average molecular weight is 255 g/mol. The molecule has 1 aliphatic rings. The second-order valence-corrected chi connectivity index (χ2v) is 6.80. The molecule has 0 aliphatic carbocycles. The van der Waals surface area contributed by atoms with Crippen LogP contribution < -0.4 is 5.73 Å². The van der Waals surface area contributed by atoms with Crippen LogP contribution >= 0.6 is 0 Å². The molecule has 0 aromatic heterocycles. The van der Waals surface area contributed by atoms with Crippen molar-refractivity contribution in [1.82, 2.24) is 9.80 Å². The van der Waals surface area contributed by atoms with Gasteiger partial charge < -0.3 is 15.5 Å². The van der Waals surface area contributed by atoms with Gasteiger partial charge in [-0.05, 0) is 32.2 Å². The number of likely N-dealkylation sites (N-methyl/N-ethyl adjacent to an activating group) is 1. The minimum Gasteiger partial charge on any atom is -0.341 e. The fourth-order valence-corrected chi connectivity index (χ4v) is 2.39. The zero-order valence-corrected chi connectivity index (χ0v) is 12.7. The Morgan fingerprint density at radius 1 is 1.44 bits per heavy atom. The van der Waals surface area contributed by atoms with Crippen LogP contribution in [0.15, 0.2) is 0 Å². The fraction of sp³-hybridized carbons (Fsp3) is 0.929. The summed E-state index contributed by atoms with van der Waals surface area (Å²) in [4.78, 5) is 16.6. The van der Waals surface area contributed by atoms with Crippen molar-refractivity contribution in [1.29, 1.82) is 0 Å². The van der Waals surface area contributed by atoms with Crippen molar-refractivity contribution >= 4 is 5.91 Å². The third kappa shape index (κ3) is 3.45. The number of piperidine rings is 1. The predicted octanol–water partition coefficient (Wildman–Crippen LogP) is 1.30. The van der Waals surface area contributed by atoms with Crippen LogP contribution in [0, 0.1) is 5.41 Å².